The van der Waals surface area contributed by atoms with Gasteiger partial charge in [0, 0.05) is 33.3 Å². The smallest absolute Gasteiger partial charge is 0.341 e. The van der Waals surface area contributed by atoms with Crippen molar-refractivity contribution in [3.05, 3.63) is 45.1 Å². The summed E-state index contributed by atoms with van der Waals surface area (Å²) in [5, 5.41) is 10.4. The number of carbonyl (C=O) groups excluding carboxylic acids is 1. The molecule has 26 heavy (non-hydrogen) atoms. The zero-order valence-electron chi connectivity index (χ0n) is 14.9. The molecular formula is C17H20N4O4S. The standard InChI is InChI=1S/C17H20N4O4S/c1-10(22)20-5-4-13-11(7-20)8-21(15(23)14(13)16(24)25)9-12-6-18-17(26-3)19(12)2/h6,8H,4-5,7,9H2,1-3H3,(H,24,25). The molecule has 8 nitrogen and oxygen atoms in total. The van der Waals surface area contributed by atoms with Crippen LogP contribution in [0.15, 0.2) is 22.3 Å². The lowest BCUT2D eigenvalue weighted by atomic mass is 9.96. The second kappa shape index (κ2) is 6.99. The predicted molar refractivity (Wildman–Crippen MR) is 96.5 cm³/mol. The monoisotopic (exact) mass is 376 g/mol. The highest BCUT2D eigenvalue weighted by atomic mass is 32.2. The van der Waals surface area contributed by atoms with Gasteiger partial charge in [-0.05, 0) is 23.8 Å². The zero-order chi connectivity index (χ0) is 19.0. The number of rotatable bonds is 4. The van der Waals surface area contributed by atoms with Crippen LogP contribution in [0.25, 0.3) is 0 Å². The first-order valence-corrected chi connectivity index (χ1v) is 9.34. The molecule has 1 N–H and O–H groups in total. The van der Waals surface area contributed by atoms with Crippen LogP contribution >= 0.6 is 11.8 Å². The van der Waals surface area contributed by atoms with Gasteiger partial charge in [0.2, 0.25) is 5.91 Å². The number of amides is 1. The first-order chi connectivity index (χ1) is 12.3. The van der Waals surface area contributed by atoms with Crippen molar-refractivity contribution < 1.29 is 14.7 Å². The summed E-state index contributed by atoms with van der Waals surface area (Å²) in [4.78, 5) is 42.1. The average Bonchev–Trinajstić information content (AvgIpc) is 2.94. The van der Waals surface area contributed by atoms with Crippen LogP contribution in [0.5, 0.6) is 0 Å². The minimum Gasteiger partial charge on any atom is -0.477 e. The molecule has 0 aliphatic carbocycles. The van der Waals surface area contributed by atoms with E-state index in [1.165, 1.54) is 23.3 Å². The number of carbonyl (C=O) groups is 2. The maximum Gasteiger partial charge on any atom is 0.341 e. The first kappa shape index (κ1) is 18.2. The molecule has 1 aliphatic heterocycles. The fourth-order valence-electron chi connectivity index (χ4n) is 3.25. The highest BCUT2D eigenvalue weighted by Crippen LogP contribution is 2.22. The fourth-order valence-corrected chi connectivity index (χ4v) is 3.80. The summed E-state index contributed by atoms with van der Waals surface area (Å²) in [5.74, 6) is -1.30. The summed E-state index contributed by atoms with van der Waals surface area (Å²) in [6.07, 6.45) is 5.63. The number of imidazole rings is 1. The number of aromatic nitrogens is 3. The van der Waals surface area contributed by atoms with Gasteiger partial charge in [-0.1, -0.05) is 11.8 Å². The summed E-state index contributed by atoms with van der Waals surface area (Å²) < 4.78 is 3.27. The zero-order valence-corrected chi connectivity index (χ0v) is 15.7. The van der Waals surface area contributed by atoms with Gasteiger partial charge < -0.3 is 19.1 Å². The number of nitrogens with zero attached hydrogens (tertiary/aromatic N) is 4. The van der Waals surface area contributed by atoms with Crippen molar-refractivity contribution in [3.63, 3.8) is 0 Å². The molecule has 3 heterocycles. The van der Waals surface area contributed by atoms with Crippen LogP contribution in [0, 0.1) is 0 Å². The number of hydrogen-bond donors (Lipinski definition) is 1. The lowest BCUT2D eigenvalue weighted by Gasteiger charge is -2.29. The lowest BCUT2D eigenvalue weighted by Crippen LogP contribution is -2.38. The molecule has 1 aliphatic rings. The van der Waals surface area contributed by atoms with Crippen LogP contribution in [0.4, 0.5) is 0 Å². The number of pyridine rings is 1. The molecule has 0 saturated heterocycles. The van der Waals surface area contributed by atoms with E-state index in [2.05, 4.69) is 4.98 Å². The first-order valence-electron chi connectivity index (χ1n) is 8.12. The Morgan fingerprint density at radius 3 is 2.69 bits per heavy atom. The van der Waals surface area contributed by atoms with Gasteiger partial charge in [-0.2, -0.15) is 0 Å². The molecule has 0 spiro atoms. The second-order valence-electron chi connectivity index (χ2n) is 6.23. The average molecular weight is 376 g/mol. The molecule has 2 aromatic heterocycles. The largest absolute Gasteiger partial charge is 0.477 e. The Kier molecular flexibility index (Phi) is 4.90. The SMILES string of the molecule is CSc1ncc(Cn2cc3c(c(C(=O)O)c2=O)CCN(C(C)=O)C3)n1C. The van der Waals surface area contributed by atoms with Gasteiger partial charge in [-0.25, -0.2) is 9.78 Å². The van der Waals surface area contributed by atoms with Gasteiger partial charge >= 0.3 is 5.97 Å². The van der Waals surface area contributed by atoms with Gasteiger partial charge in [0.25, 0.3) is 5.56 Å². The summed E-state index contributed by atoms with van der Waals surface area (Å²) in [6, 6.07) is 0. The van der Waals surface area contributed by atoms with E-state index in [1.807, 2.05) is 17.9 Å². The molecular weight excluding hydrogens is 356 g/mol. The van der Waals surface area contributed by atoms with Crippen molar-refractivity contribution in [2.24, 2.45) is 7.05 Å². The maximum atomic E-state index is 12.8. The number of hydrogen-bond acceptors (Lipinski definition) is 5. The Hall–Kier alpha value is -2.55. The van der Waals surface area contributed by atoms with Gasteiger partial charge in [-0.3, -0.25) is 9.59 Å². The molecule has 2 aromatic rings. The molecule has 3 rings (SSSR count). The number of aromatic carboxylic acids is 1. The van der Waals surface area contributed by atoms with Crippen molar-refractivity contribution in [2.75, 3.05) is 12.8 Å². The summed E-state index contributed by atoms with van der Waals surface area (Å²) in [6.45, 7) is 2.44. The van der Waals surface area contributed by atoms with Crippen molar-refractivity contribution in [1.82, 2.24) is 19.0 Å². The Bertz CT molecular complexity index is 947. The fraction of sp³-hybridized carbons (Fsp3) is 0.412. The highest BCUT2D eigenvalue weighted by molar-refractivity contribution is 7.98. The quantitative estimate of drug-likeness (QED) is 0.798. The Morgan fingerprint density at radius 2 is 2.12 bits per heavy atom. The third kappa shape index (κ3) is 3.14. The molecule has 9 heteroatoms. The Morgan fingerprint density at radius 1 is 1.38 bits per heavy atom. The minimum atomic E-state index is -1.23. The topological polar surface area (TPSA) is 97.4 Å². The van der Waals surface area contributed by atoms with Gasteiger partial charge in [0.05, 0.1) is 18.4 Å². The summed E-state index contributed by atoms with van der Waals surface area (Å²) in [7, 11) is 1.85. The van der Waals surface area contributed by atoms with Crippen LogP contribution in [0.1, 0.15) is 34.1 Å². The van der Waals surface area contributed by atoms with Gasteiger partial charge in [0.15, 0.2) is 5.16 Å². The van der Waals surface area contributed by atoms with Crippen LogP contribution in [0.3, 0.4) is 0 Å². The molecule has 138 valence electrons. The molecule has 0 aromatic carbocycles. The van der Waals surface area contributed by atoms with E-state index >= 15 is 0 Å². The number of thioether (sulfide) groups is 1. The minimum absolute atomic E-state index is 0.0680. The molecule has 0 bridgehead atoms. The van der Waals surface area contributed by atoms with Crippen molar-refractivity contribution >= 4 is 23.6 Å². The van der Waals surface area contributed by atoms with E-state index in [0.29, 0.717) is 30.6 Å². The number of carboxylic acids is 1. The molecule has 1 amide bonds. The molecule has 0 saturated carbocycles. The van der Waals surface area contributed by atoms with Crippen molar-refractivity contribution in [1.29, 1.82) is 0 Å². The highest BCUT2D eigenvalue weighted by Gasteiger charge is 2.27. The van der Waals surface area contributed by atoms with E-state index in [-0.39, 0.29) is 18.0 Å². The normalized spacial score (nSPS) is 13.6. The van der Waals surface area contributed by atoms with E-state index < -0.39 is 11.5 Å². The van der Waals surface area contributed by atoms with Gasteiger partial charge in [-0.15, -0.1) is 0 Å². The van der Waals surface area contributed by atoms with E-state index in [0.717, 1.165) is 10.9 Å². The molecule has 0 atom stereocenters. The van der Waals surface area contributed by atoms with Crippen LogP contribution in [0.2, 0.25) is 0 Å². The molecule has 0 fully saturated rings. The van der Waals surface area contributed by atoms with E-state index in [9.17, 15) is 19.5 Å². The third-order valence-electron chi connectivity index (χ3n) is 4.68. The van der Waals surface area contributed by atoms with Crippen molar-refractivity contribution in [2.45, 2.75) is 31.6 Å². The molecule has 0 radical (unpaired) electrons. The maximum absolute atomic E-state index is 12.8. The van der Waals surface area contributed by atoms with E-state index in [4.69, 9.17) is 0 Å². The molecule has 0 unspecified atom stereocenters. The van der Waals surface area contributed by atoms with Crippen molar-refractivity contribution in [3.8, 4) is 0 Å². The number of carboxylic acid groups (broad SMARTS) is 1. The van der Waals surface area contributed by atoms with Gasteiger partial charge in [0.1, 0.15) is 5.56 Å². The van der Waals surface area contributed by atoms with Crippen LogP contribution in [-0.2, 0) is 31.4 Å². The lowest BCUT2D eigenvalue weighted by molar-refractivity contribution is -0.129. The summed E-state index contributed by atoms with van der Waals surface area (Å²) in [5.41, 5.74) is 1.31. The van der Waals surface area contributed by atoms with Crippen LogP contribution < -0.4 is 5.56 Å². The predicted octanol–water partition coefficient (Wildman–Crippen LogP) is 0.955. The van der Waals surface area contributed by atoms with Crippen LogP contribution in [-0.4, -0.2) is 48.8 Å². The summed E-state index contributed by atoms with van der Waals surface area (Å²) >= 11 is 1.49. The third-order valence-corrected chi connectivity index (χ3v) is 5.43. The Labute approximate surface area is 154 Å². The number of fused-ring (bicyclic) bond motifs is 1. The second-order valence-corrected chi connectivity index (χ2v) is 7.01. The Balaban J connectivity index is 2.08. The van der Waals surface area contributed by atoms with E-state index in [1.54, 1.807) is 17.3 Å².